The average molecular weight is 1040 g/mol. The molecular formula is C44H56Cl2N16O10. The molecule has 0 fully saturated rings. The molecule has 0 aliphatic rings. The summed E-state index contributed by atoms with van der Waals surface area (Å²) in [6, 6.07) is 8.30. The summed E-state index contributed by atoms with van der Waals surface area (Å²) in [5.74, 6) is -2.09. The van der Waals surface area contributed by atoms with Crippen LogP contribution >= 0.6 is 23.2 Å². The van der Waals surface area contributed by atoms with Gasteiger partial charge in [-0.05, 0) is 63.9 Å². The third kappa shape index (κ3) is 12.9. The van der Waals surface area contributed by atoms with Gasteiger partial charge in [-0.25, -0.2) is 34.7 Å². The second-order valence-corrected chi connectivity index (χ2v) is 17.5. The van der Waals surface area contributed by atoms with E-state index in [0.717, 1.165) is 0 Å². The summed E-state index contributed by atoms with van der Waals surface area (Å²) in [5.41, 5.74) is 24.1. The Morgan fingerprint density at radius 3 is 1.92 bits per heavy atom. The highest BCUT2D eigenvalue weighted by Gasteiger charge is 2.27. The topological polar surface area (TPSA) is 396 Å². The number of aliphatic hydroxyl groups excluding tert-OH is 3. The summed E-state index contributed by atoms with van der Waals surface area (Å²) in [7, 11) is 0. The summed E-state index contributed by atoms with van der Waals surface area (Å²) < 4.78 is 21.0. The molecule has 0 saturated carbocycles. The third-order valence-corrected chi connectivity index (χ3v) is 11.1. The van der Waals surface area contributed by atoms with E-state index < -0.39 is 61.4 Å². The fourth-order valence-corrected chi connectivity index (χ4v) is 7.55. The van der Waals surface area contributed by atoms with Gasteiger partial charge in [-0.15, -0.1) is 0 Å². The number of nitrogen functional groups attached to an aromatic ring is 4. The van der Waals surface area contributed by atoms with Crippen molar-refractivity contribution in [2.45, 2.75) is 78.1 Å². The predicted molar refractivity (Wildman–Crippen MR) is 265 cm³/mol. The van der Waals surface area contributed by atoms with Gasteiger partial charge >= 0.3 is 6.09 Å². The SMILES string of the molecule is CCn1c(CNC(=O)c2nc(Cl)c(N)nc2N)nc2cc(C(Cn3c(CNC(=O)c4nc(Cl)c(N)nc4N)nc4c(OC(CO)CO)cccc43)OCCO)cc(C(=O)NCCCNC(=O)OC(C)(C)C)c21. The molecule has 2 aromatic carbocycles. The van der Waals surface area contributed by atoms with Crippen LogP contribution in [0.3, 0.4) is 0 Å². The first-order valence-corrected chi connectivity index (χ1v) is 23.1. The average Bonchev–Trinajstić information content (AvgIpc) is 3.88. The van der Waals surface area contributed by atoms with Gasteiger partial charge in [0, 0.05) is 19.6 Å². The molecular weight excluding hydrogens is 983 g/mol. The first-order valence-electron chi connectivity index (χ1n) is 22.4. The largest absolute Gasteiger partial charge is 0.483 e. The standard InChI is InChI=1S/C44H56Cl2N16O10/c1-5-61-28(16-53-41(67)31-36(47)59-38(49)34(45)57-31)55-24-15-21(14-23(33(24)61)40(66)51-10-7-11-52-43(69)72-44(2,3)4)27(70-13-12-63)18-62-25-8-6-9-26(71-22(19-64)20-65)30(25)56-29(62)17-54-42(68)32-37(48)60-39(50)35(46)58-32/h6,8-9,14-15,22,27,63-65H,5,7,10-13,16-20H2,1-4H3,(H,51,66)(H,52,69)(H,53,67)(H,54,68)(H4,47,49,59)(H4,48,50,60). The number of imidazole rings is 2. The molecule has 28 heteroatoms. The van der Waals surface area contributed by atoms with Crippen molar-refractivity contribution in [1.82, 2.24) is 60.3 Å². The number of aryl methyl sites for hydroxylation is 1. The van der Waals surface area contributed by atoms with Gasteiger partial charge in [0.1, 0.15) is 40.7 Å². The number of aliphatic hydroxyl groups is 3. The number of ether oxygens (including phenoxy) is 3. The minimum atomic E-state index is -0.997. The van der Waals surface area contributed by atoms with Gasteiger partial charge in [0.25, 0.3) is 17.7 Å². The van der Waals surface area contributed by atoms with Crippen LogP contribution in [0.4, 0.5) is 28.1 Å². The lowest BCUT2D eigenvalue weighted by molar-refractivity contribution is 0.0182. The quantitative estimate of drug-likeness (QED) is 0.0430. The molecule has 1 unspecified atom stereocenters. The van der Waals surface area contributed by atoms with Crippen molar-refractivity contribution in [3.8, 4) is 5.75 Å². The zero-order chi connectivity index (χ0) is 52.4. The Morgan fingerprint density at radius 1 is 0.750 bits per heavy atom. The zero-order valence-corrected chi connectivity index (χ0v) is 41.2. The lowest BCUT2D eigenvalue weighted by Gasteiger charge is -2.22. The van der Waals surface area contributed by atoms with Crippen molar-refractivity contribution in [3.63, 3.8) is 0 Å². The van der Waals surface area contributed by atoms with E-state index in [9.17, 15) is 34.5 Å². The van der Waals surface area contributed by atoms with Crippen molar-refractivity contribution >= 4 is 92.4 Å². The minimum absolute atomic E-state index is 0.0723. The van der Waals surface area contributed by atoms with Crippen molar-refractivity contribution in [2.75, 3.05) is 62.5 Å². The number of nitrogens with two attached hydrogens (primary N) is 4. The summed E-state index contributed by atoms with van der Waals surface area (Å²) >= 11 is 12.1. The van der Waals surface area contributed by atoms with Crippen molar-refractivity contribution in [3.05, 3.63) is 74.8 Å². The van der Waals surface area contributed by atoms with Crippen LogP contribution in [0, 0.1) is 0 Å². The van der Waals surface area contributed by atoms with E-state index in [1.807, 2.05) is 6.92 Å². The summed E-state index contributed by atoms with van der Waals surface area (Å²) in [4.78, 5) is 78.9. The Hall–Kier alpha value is -7.36. The van der Waals surface area contributed by atoms with Crippen LogP contribution in [-0.4, -0.2) is 129 Å². The van der Waals surface area contributed by atoms with E-state index in [1.165, 1.54) is 0 Å². The molecule has 0 aliphatic heterocycles. The Labute approximate surface area is 421 Å². The number of para-hydroxylation sites is 1. The first kappa shape index (κ1) is 54.0. The molecule has 0 saturated heterocycles. The number of carbonyl (C=O) groups is 4. The highest BCUT2D eigenvalue weighted by molar-refractivity contribution is 6.32. The van der Waals surface area contributed by atoms with E-state index in [0.29, 0.717) is 34.4 Å². The second kappa shape index (κ2) is 23.7. The van der Waals surface area contributed by atoms with Crippen molar-refractivity contribution < 1.29 is 48.7 Å². The van der Waals surface area contributed by atoms with E-state index in [1.54, 1.807) is 60.2 Å². The lowest BCUT2D eigenvalue weighted by atomic mass is 10.0. The summed E-state index contributed by atoms with van der Waals surface area (Å²) in [6.45, 7) is 5.58. The number of hydrogen-bond acceptors (Lipinski definition) is 20. The molecule has 0 aliphatic carbocycles. The van der Waals surface area contributed by atoms with Crippen LogP contribution < -0.4 is 48.9 Å². The fourth-order valence-electron chi connectivity index (χ4n) is 7.30. The van der Waals surface area contributed by atoms with Crippen molar-refractivity contribution in [2.24, 2.45) is 0 Å². The van der Waals surface area contributed by atoms with Gasteiger partial charge in [-0.2, -0.15) is 0 Å². The molecule has 26 nitrogen and oxygen atoms in total. The molecule has 0 bridgehead atoms. The van der Waals surface area contributed by atoms with Crippen LogP contribution in [0.15, 0.2) is 30.3 Å². The second-order valence-electron chi connectivity index (χ2n) is 16.8. The molecule has 386 valence electrons. The lowest BCUT2D eigenvalue weighted by Crippen LogP contribution is -2.34. The van der Waals surface area contributed by atoms with Gasteiger partial charge in [0.05, 0.1) is 68.2 Å². The minimum Gasteiger partial charge on any atom is -0.483 e. The third-order valence-electron chi connectivity index (χ3n) is 10.5. The van der Waals surface area contributed by atoms with Gasteiger partial charge in [-0.1, -0.05) is 29.3 Å². The van der Waals surface area contributed by atoms with Gasteiger partial charge < -0.3 is 82.9 Å². The number of carbonyl (C=O) groups excluding carboxylic acids is 4. The number of aromatic nitrogens is 8. The van der Waals surface area contributed by atoms with Crippen LogP contribution in [0.1, 0.15) is 88.8 Å². The smallest absolute Gasteiger partial charge is 0.407 e. The highest BCUT2D eigenvalue weighted by atomic mass is 35.5. The Kier molecular flexibility index (Phi) is 17.8. The maximum atomic E-state index is 14.4. The number of amides is 4. The van der Waals surface area contributed by atoms with E-state index in [4.69, 9.17) is 70.3 Å². The molecule has 6 rings (SSSR count). The molecule has 72 heavy (non-hydrogen) atoms. The van der Waals surface area contributed by atoms with E-state index in [-0.39, 0.29) is 113 Å². The van der Waals surface area contributed by atoms with Crippen LogP contribution in [0.2, 0.25) is 10.3 Å². The number of benzene rings is 2. The van der Waals surface area contributed by atoms with E-state index >= 15 is 0 Å². The number of fused-ring (bicyclic) bond motifs is 2. The Morgan fingerprint density at radius 2 is 1.35 bits per heavy atom. The number of alkyl carbamates (subject to hydrolysis) is 1. The molecule has 6 aromatic rings. The number of hydrogen-bond donors (Lipinski definition) is 11. The molecule has 1 atom stereocenters. The molecule has 4 amide bonds. The molecule has 0 spiro atoms. The van der Waals surface area contributed by atoms with Crippen LogP contribution in [-0.2, 0) is 35.7 Å². The first-order chi connectivity index (χ1) is 34.3. The zero-order valence-electron chi connectivity index (χ0n) is 39.7. The van der Waals surface area contributed by atoms with Crippen molar-refractivity contribution in [1.29, 1.82) is 0 Å². The number of anilines is 4. The fraction of sp³-hybridized carbons (Fsp3) is 0.409. The monoisotopic (exact) mass is 1040 g/mol. The normalized spacial score (nSPS) is 12.0. The molecule has 0 radical (unpaired) electrons. The molecule has 4 heterocycles. The number of nitrogens with zero attached hydrogens (tertiary/aromatic N) is 8. The predicted octanol–water partition coefficient (Wildman–Crippen LogP) is 1.61. The van der Waals surface area contributed by atoms with Gasteiger partial charge in [-0.3, -0.25) is 14.4 Å². The van der Waals surface area contributed by atoms with Crippen LogP contribution in [0.5, 0.6) is 5.75 Å². The molecule has 15 N–H and O–H groups in total. The van der Waals surface area contributed by atoms with Gasteiger partial charge in [0.15, 0.2) is 45.0 Å². The Bertz CT molecular complexity index is 2960. The maximum Gasteiger partial charge on any atom is 0.407 e. The molecule has 4 aromatic heterocycles. The Balaban J connectivity index is 1.42. The van der Waals surface area contributed by atoms with E-state index in [2.05, 4.69) is 41.2 Å². The number of nitrogens with one attached hydrogen (secondary N) is 4. The number of halogens is 2. The van der Waals surface area contributed by atoms with Crippen LogP contribution in [0.25, 0.3) is 22.1 Å². The highest BCUT2D eigenvalue weighted by Crippen LogP contribution is 2.33. The summed E-state index contributed by atoms with van der Waals surface area (Å²) in [5, 5.41) is 40.4. The maximum absolute atomic E-state index is 14.4. The number of rotatable bonds is 22. The summed E-state index contributed by atoms with van der Waals surface area (Å²) in [6.07, 6.45) is -2.25. The van der Waals surface area contributed by atoms with Gasteiger partial charge in [0.2, 0.25) is 0 Å².